The molecular weight excluding hydrogens is 233 g/mol. The van der Waals surface area contributed by atoms with E-state index in [-0.39, 0.29) is 40.9 Å². The molecule has 0 amide bonds. The topological polar surface area (TPSA) is 78.4 Å². The molecule has 2 aliphatic rings. The number of hydrogen-bond acceptors (Lipinski definition) is 6. The van der Waals surface area contributed by atoms with Crippen molar-refractivity contribution in [2.24, 2.45) is 0 Å². The van der Waals surface area contributed by atoms with E-state index < -0.39 is 5.97 Å². The molecule has 2 fully saturated rings. The minimum atomic E-state index is -1.30. The van der Waals surface area contributed by atoms with Gasteiger partial charge in [-0.15, -0.1) is 0 Å². The van der Waals surface area contributed by atoms with Crippen molar-refractivity contribution < 1.29 is 44.2 Å². The Hall–Kier alpha value is -0.690. The van der Waals surface area contributed by atoms with E-state index in [4.69, 9.17) is 4.74 Å². The van der Waals surface area contributed by atoms with Gasteiger partial charge in [0, 0.05) is 6.42 Å². The third-order valence-electron chi connectivity index (χ3n) is 3.10. The van der Waals surface area contributed by atoms with Crippen molar-refractivity contribution in [3.63, 3.8) is 0 Å². The summed E-state index contributed by atoms with van der Waals surface area (Å²) in [5.41, 5.74) is -0.104. The molecule has 3 rings (SSSR count). The smallest absolute Gasteiger partial charge is 0.543 e. The van der Waals surface area contributed by atoms with Gasteiger partial charge in [0.25, 0.3) is 0 Å². The predicted molar refractivity (Wildman–Crippen MR) is 51.9 cm³/mol. The van der Waals surface area contributed by atoms with Crippen LogP contribution >= 0.6 is 0 Å². The van der Waals surface area contributed by atoms with Crippen LogP contribution < -0.4 is 39.6 Å². The monoisotopic (exact) mass is 243 g/mol. The Kier molecular flexibility index (Phi) is 3.40. The molecule has 17 heavy (non-hydrogen) atoms. The number of hydrogen-bond donors (Lipinski definition) is 0. The second kappa shape index (κ2) is 4.53. The Labute approximate surface area is 120 Å². The fraction of sp³-hybridized carbons (Fsp3) is 0.500. The Balaban J connectivity index is 0.00000108. The average Bonchev–Trinajstić information content (AvgIpc) is 2.14. The van der Waals surface area contributed by atoms with Crippen molar-refractivity contribution in [1.82, 2.24) is 9.97 Å². The maximum Gasteiger partial charge on any atom is 1.00 e. The molecule has 0 unspecified atom stereocenters. The summed E-state index contributed by atoms with van der Waals surface area (Å²) in [6.07, 6.45) is 3.77. The van der Waals surface area contributed by atoms with Gasteiger partial charge in [-0.05, 0) is 0 Å². The third-order valence-corrected chi connectivity index (χ3v) is 3.10. The van der Waals surface area contributed by atoms with E-state index in [1.165, 1.54) is 12.4 Å². The molecule has 0 saturated carbocycles. The van der Waals surface area contributed by atoms with Crippen molar-refractivity contribution in [3.05, 3.63) is 18.1 Å². The van der Waals surface area contributed by atoms with Crippen LogP contribution in [-0.4, -0.2) is 41.2 Å². The zero-order valence-corrected chi connectivity index (χ0v) is 11.5. The number of ether oxygens (including phenoxy) is 1. The number of carbonyl (C=O) groups excluding carboxylic acids is 1. The minimum absolute atomic E-state index is 0. The molecule has 1 spiro atoms. The molecule has 6 nitrogen and oxygen atoms in total. The van der Waals surface area contributed by atoms with Crippen LogP contribution in [0.5, 0.6) is 0 Å². The summed E-state index contributed by atoms with van der Waals surface area (Å²) < 4.78 is 5.47. The van der Waals surface area contributed by atoms with E-state index in [0.717, 1.165) is 26.1 Å². The van der Waals surface area contributed by atoms with Gasteiger partial charge in [0.1, 0.15) is 17.1 Å². The van der Waals surface area contributed by atoms with Crippen LogP contribution in [0.15, 0.2) is 12.4 Å². The summed E-state index contributed by atoms with van der Waals surface area (Å²) in [7, 11) is 0. The van der Waals surface area contributed by atoms with Crippen molar-refractivity contribution >= 4 is 11.8 Å². The third kappa shape index (κ3) is 2.18. The van der Waals surface area contributed by atoms with E-state index in [0.29, 0.717) is 5.82 Å². The first-order valence-electron chi connectivity index (χ1n) is 5.11. The molecule has 0 aromatic carbocycles. The standard InChI is InChI=1S/C10H11N3O3.Na/c14-9(15)7-3-12-8(4-11-7)13-5-10(6-13)1-2-16-10;/h3-4H,1-2,5-6H2,(H,14,15);/q;+1/p-1. The molecular formula is C10H10N3NaO3. The van der Waals surface area contributed by atoms with Crippen LogP contribution in [0.1, 0.15) is 16.9 Å². The molecule has 0 atom stereocenters. The Morgan fingerprint density at radius 3 is 2.53 bits per heavy atom. The zero-order valence-electron chi connectivity index (χ0n) is 9.55. The van der Waals surface area contributed by atoms with Gasteiger partial charge < -0.3 is 19.5 Å². The molecule has 0 bridgehead atoms. The van der Waals surface area contributed by atoms with E-state index in [1.807, 2.05) is 4.90 Å². The second-order valence-corrected chi connectivity index (χ2v) is 4.18. The molecule has 7 heteroatoms. The number of aromatic nitrogens is 2. The maximum absolute atomic E-state index is 10.5. The van der Waals surface area contributed by atoms with Crippen LogP contribution in [0.2, 0.25) is 0 Å². The largest absolute Gasteiger partial charge is 1.00 e. The maximum atomic E-state index is 10.5. The van der Waals surface area contributed by atoms with Crippen molar-refractivity contribution in [3.8, 4) is 0 Å². The van der Waals surface area contributed by atoms with Crippen molar-refractivity contribution in [1.29, 1.82) is 0 Å². The SMILES string of the molecule is O=C([O-])c1cnc(N2CC3(CCO3)C2)cn1.[Na+]. The fourth-order valence-electron chi connectivity index (χ4n) is 2.04. The van der Waals surface area contributed by atoms with Crippen molar-refractivity contribution in [2.75, 3.05) is 24.6 Å². The van der Waals surface area contributed by atoms with E-state index in [2.05, 4.69) is 9.97 Å². The Morgan fingerprint density at radius 1 is 1.41 bits per heavy atom. The first-order valence-corrected chi connectivity index (χ1v) is 5.11. The van der Waals surface area contributed by atoms with Crippen LogP contribution in [0, 0.1) is 0 Å². The molecule has 84 valence electrons. The zero-order chi connectivity index (χ0) is 11.2. The van der Waals surface area contributed by atoms with Gasteiger partial charge in [-0.25, -0.2) is 9.97 Å². The van der Waals surface area contributed by atoms with Gasteiger partial charge in [-0.2, -0.15) is 0 Å². The number of carboxylic acid groups (broad SMARTS) is 1. The molecule has 2 aliphatic heterocycles. The molecule has 2 saturated heterocycles. The molecule has 0 radical (unpaired) electrons. The average molecular weight is 243 g/mol. The molecule has 1 aromatic rings. The normalized spacial score (nSPS) is 20.1. The number of anilines is 1. The summed E-state index contributed by atoms with van der Waals surface area (Å²) in [4.78, 5) is 20.3. The van der Waals surface area contributed by atoms with Crippen molar-refractivity contribution in [2.45, 2.75) is 12.0 Å². The van der Waals surface area contributed by atoms with Crippen LogP contribution in [0.4, 0.5) is 5.82 Å². The van der Waals surface area contributed by atoms with Crippen LogP contribution in [-0.2, 0) is 4.74 Å². The predicted octanol–water partition coefficient (Wildman–Crippen LogP) is -4.18. The number of aromatic carboxylic acids is 1. The number of nitrogens with zero attached hydrogens (tertiary/aromatic N) is 3. The fourth-order valence-corrected chi connectivity index (χ4v) is 2.04. The summed E-state index contributed by atoms with van der Waals surface area (Å²) in [5.74, 6) is -0.618. The van der Waals surface area contributed by atoms with Gasteiger partial charge in [-0.3, -0.25) is 0 Å². The van der Waals surface area contributed by atoms with Crippen LogP contribution in [0.25, 0.3) is 0 Å². The van der Waals surface area contributed by atoms with E-state index >= 15 is 0 Å². The minimum Gasteiger partial charge on any atom is -0.543 e. The number of rotatable bonds is 2. The first-order chi connectivity index (χ1) is 7.69. The van der Waals surface area contributed by atoms with Crippen LogP contribution in [0.3, 0.4) is 0 Å². The summed E-state index contributed by atoms with van der Waals surface area (Å²) in [6.45, 7) is 2.46. The van der Waals surface area contributed by atoms with Gasteiger partial charge in [0.2, 0.25) is 0 Å². The number of carbonyl (C=O) groups is 1. The second-order valence-electron chi connectivity index (χ2n) is 4.18. The van der Waals surface area contributed by atoms with Gasteiger partial charge in [0.15, 0.2) is 0 Å². The number of carboxylic acids is 1. The molecule has 0 N–H and O–H groups in total. The van der Waals surface area contributed by atoms with E-state index in [1.54, 1.807) is 0 Å². The molecule has 1 aromatic heterocycles. The summed E-state index contributed by atoms with van der Waals surface area (Å²) >= 11 is 0. The Bertz CT molecular complexity index is 425. The van der Waals surface area contributed by atoms with E-state index in [9.17, 15) is 9.90 Å². The Morgan fingerprint density at radius 2 is 2.12 bits per heavy atom. The molecule has 0 aliphatic carbocycles. The van der Waals surface area contributed by atoms with Gasteiger partial charge >= 0.3 is 29.6 Å². The first kappa shape index (κ1) is 12.8. The summed E-state index contributed by atoms with van der Waals surface area (Å²) in [6, 6.07) is 0. The summed E-state index contributed by atoms with van der Waals surface area (Å²) in [5, 5.41) is 10.5. The van der Waals surface area contributed by atoms with Gasteiger partial charge in [-0.1, -0.05) is 0 Å². The quantitative estimate of drug-likeness (QED) is 0.490. The molecule has 3 heterocycles. The van der Waals surface area contributed by atoms with Gasteiger partial charge in [0.05, 0.1) is 38.1 Å².